The van der Waals surface area contributed by atoms with Crippen molar-refractivity contribution in [2.45, 2.75) is 39.2 Å². The first kappa shape index (κ1) is 22.4. The molecule has 1 fully saturated rings. The van der Waals surface area contributed by atoms with E-state index < -0.39 is 11.8 Å². The summed E-state index contributed by atoms with van der Waals surface area (Å²) < 4.78 is 0. The van der Waals surface area contributed by atoms with E-state index in [1.165, 1.54) is 0 Å². The summed E-state index contributed by atoms with van der Waals surface area (Å²) in [6.07, 6.45) is 3.10. The Morgan fingerprint density at radius 3 is 2.59 bits per heavy atom. The number of piperidine rings is 1. The van der Waals surface area contributed by atoms with Crippen LogP contribution >= 0.6 is 23.2 Å². The number of halogens is 2. The summed E-state index contributed by atoms with van der Waals surface area (Å²) in [7, 11) is 0. The van der Waals surface area contributed by atoms with Crippen molar-refractivity contribution in [2.75, 3.05) is 16.8 Å². The zero-order valence-electron chi connectivity index (χ0n) is 17.8. The van der Waals surface area contributed by atoms with Crippen molar-refractivity contribution in [3.63, 3.8) is 0 Å². The number of hydrogen-bond acceptors (Lipinski definition) is 4. The number of rotatable bonds is 4. The smallest absolute Gasteiger partial charge is 0.283 e. The van der Waals surface area contributed by atoms with Gasteiger partial charge in [0.2, 0.25) is 0 Å². The number of carbonyl (C=O) groups excluding carboxylic acids is 3. The molecule has 0 aliphatic carbocycles. The van der Waals surface area contributed by atoms with Gasteiger partial charge in [-0.25, -0.2) is 4.90 Å². The molecule has 2 aromatic rings. The largest absolute Gasteiger partial charge is 0.350 e. The Balaban J connectivity index is 1.58. The van der Waals surface area contributed by atoms with E-state index in [1.54, 1.807) is 49.4 Å². The lowest BCUT2D eigenvalue weighted by Gasteiger charge is -2.33. The molecule has 8 heteroatoms. The van der Waals surface area contributed by atoms with E-state index in [9.17, 15) is 14.4 Å². The number of amides is 3. The first-order chi connectivity index (χ1) is 15.3. The fourth-order valence-electron chi connectivity index (χ4n) is 4.09. The van der Waals surface area contributed by atoms with Crippen molar-refractivity contribution in [3.8, 4) is 0 Å². The summed E-state index contributed by atoms with van der Waals surface area (Å²) in [5.41, 5.74) is 2.07. The van der Waals surface area contributed by atoms with Crippen LogP contribution in [0.15, 0.2) is 53.2 Å². The molecule has 3 amide bonds. The first-order valence-corrected chi connectivity index (χ1v) is 11.3. The molecule has 0 aromatic heterocycles. The fourth-order valence-corrected chi connectivity index (χ4v) is 4.47. The Kier molecular flexibility index (Phi) is 6.26. The zero-order chi connectivity index (χ0) is 23.0. The fraction of sp³-hybridized carbons (Fsp3) is 0.292. The molecular formula is C24H23Cl2N3O3. The van der Waals surface area contributed by atoms with Crippen LogP contribution in [0.1, 0.15) is 42.1 Å². The lowest BCUT2D eigenvalue weighted by Crippen LogP contribution is -2.42. The van der Waals surface area contributed by atoms with E-state index in [4.69, 9.17) is 23.2 Å². The molecule has 2 aromatic carbocycles. The third-order valence-corrected chi connectivity index (χ3v) is 6.47. The molecule has 0 bridgehead atoms. The summed E-state index contributed by atoms with van der Waals surface area (Å²) >= 11 is 12.3. The van der Waals surface area contributed by atoms with Gasteiger partial charge < -0.3 is 10.2 Å². The summed E-state index contributed by atoms with van der Waals surface area (Å²) in [4.78, 5) is 41.7. The second-order valence-electron chi connectivity index (χ2n) is 8.11. The minimum Gasteiger partial charge on any atom is -0.350 e. The number of aryl methyl sites for hydroxylation is 1. The van der Waals surface area contributed by atoms with Crippen LogP contribution in [0.2, 0.25) is 5.02 Å². The number of likely N-dealkylation sites (tertiary alicyclic amines) is 1. The van der Waals surface area contributed by atoms with Crippen LogP contribution in [0, 0.1) is 6.92 Å². The van der Waals surface area contributed by atoms with Gasteiger partial charge in [-0.3, -0.25) is 14.4 Å². The maximum Gasteiger partial charge on any atom is 0.283 e. The average molecular weight is 472 g/mol. The highest BCUT2D eigenvalue weighted by atomic mass is 35.5. The van der Waals surface area contributed by atoms with E-state index in [-0.39, 0.29) is 22.7 Å². The van der Waals surface area contributed by atoms with Gasteiger partial charge in [-0.05, 0) is 69.0 Å². The maximum absolute atomic E-state index is 13.1. The molecule has 1 unspecified atom stereocenters. The highest BCUT2D eigenvalue weighted by Gasteiger charge is 2.39. The van der Waals surface area contributed by atoms with E-state index in [1.807, 2.05) is 4.90 Å². The Morgan fingerprint density at radius 1 is 1.06 bits per heavy atom. The number of imide groups is 1. The monoisotopic (exact) mass is 471 g/mol. The Labute approximate surface area is 196 Å². The second kappa shape index (κ2) is 8.96. The number of hydrogen-bond donors (Lipinski definition) is 1. The third kappa shape index (κ3) is 4.12. The zero-order valence-corrected chi connectivity index (χ0v) is 19.3. The normalized spacial score (nSPS) is 19.1. The van der Waals surface area contributed by atoms with Crippen LogP contribution in [-0.4, -0.2) is 35.2 Å². The SMILES string of the molecule is Cc1ccc(Cl)cc1N1C(=O)C(Cl)=C(Nc2cccc(C(=O)N3CCCCC3C)c2)C1=O. The van der Waals surface area contributed by atoms with Crippen molar-refractivity contribution in [1.29, 1.82) is 0 Å². The summed E-state index contributed by atoms with van der Waals surface area (Å²) in [6.45, 7) is 4.57. The molecule has 1 N–H and O–H groups in total. The molecule has 2 aliphatic heterocycles. The highest BCUT2D eigenvalue weighted by Crippen LogP contribution is 2.33. The summed E-state index contributed by atoms with van der Waals surface area (Å²) in [5, 5.41) is 3.14. The van der Waals surface area contributed by atoms with Gasteiger partial charge in [0.05, 0.1) is 5.69 Å². The van der Waals surface area contributed by atoms with Crippen LogP contribution < -0.4 is 10.2 Å². The minimum absolute atomic E-state index is 0.0352. The van der Waals surface area contributed by atoms with Gasteiger partial charge in [0.15, 0.2) is 0 Å². The molecule has 32 heavy (non-hydrogen) atoms. The van der Waals surface area contributed by atoms with E-state index >= 15 is 0 Å². The van der Waals surface area contributed by atoms with Crippen molar-refractivity contribution in [3.05, 3.63) is 69.3 Å². The second-order valence-corrected chi connectivity index (χ2v) is 8.93. The van der Waals surface area contributed by atoms with Crippen LogP contribution in [0.3, 0.4) is 0 Å². The molecule has 0 saturated carbocycles. The van der Waals surface area contributed by atoms with Gasteiger partial charge >= 0.3 is 0 Å². The maximum atomic E-state index is 13.1. The average Bonchev–Trinajstić information content (AvgIpc) is 2.99. The van der Waals surface area contributed by atoms with E-state index in [0.717, 1.165) is 30.7 Å². The van der Waals surface area contributed by atoms with Crippen LogP contribution in [0.5, 0.6) is 0 Å². The number of nitrogens with one attached hydrogen (secondary N) is 1. The van der Waals surface area contributed by atoms with Gasteiger partial charge in [0, 0.05) is 28.9 Å². The Morgan fingerprint density at radius 2 is 1.84 bits per heavy atom. The first-order valence-electron chi connectivity index (χ1n) is 10.5. The molecule has 1 atom stereocenters. The van der Waals surface area contributed by atoms with Gasteiger partial charge in [-0.15, -0.1) is 0 Å². The number of benzene rings is 2. The molecule has 6 nitrogen and oxygen atoms in total. The van der Waals surface area contributed by atoms with Crippen molar-refractivity contribution >= 4 is 52.3 Å². The van der Waals surface area contributed by atoms with E-state index in [2.05, 4.69) is 12.2 Å². The third-order valence-electron chi connectivity index (χ3n) is 5.88. The quantitative estimate of drug-likeness (QED) is 0.629. The van der Waals surface area contributed by atoms with Gasteiger partial charge in [0.25, 0.3) is 17.7 Å². The van der Waals surface area contributed by atoms with Gasteiger partial charge in [-0.2, -0.15) is 0 Å². The highest BCUT2D eigenvalue weighted by molar-refractivity contribution is 6.53. The van der Waals surface area contributed by atoms with Crippen molar-refractivity contribution in [1.82, 2.24) is 4.90 Å². The Bertz CT molecular complexity index is 1150. The molecule has 166 valence electrons. The number of carbonyl (C=O) groups is 3. The molecule has 1 saturated heterocycles. The van der Waals surface area contributed by atoms with Crippen LogP contribution in [0.4, 0.5) is 11.4 Å². The van der Waals surface area contributed by atoms with Crippen LogP contribution in [-0.2, 0) is 9.59 Å². The molecule has 0 radical (unpaired) electrons. The van der Waals surface area contributed by atoms with Gasteiger partial charge in [0.1, 0.15) is 10.7 Å². The number of nitrogens with zero attached hydrogens (tertiary/aromatic N) is 2. The molecule has 2 heterocycles. The number of anilines is 2. The van der Waals surface area contributed by atoms with Crippen molar-refractivity contribution < 1.29 is 14.4 Å². The van der Waals surface area contributed by atoms with Crippen LogP contribution in [0.25, 0.3) is 0 Å². The predicted molar refractivity (Wildman–Crippen MR) is 126 cm³/mol. The summed E-state index contributed by atoms with van der Waals surface area (Å²) in [5.74, 6) is -1.25. The predicted octanol–water partition coefficient (Wildman–Crippen LogP) is 5.10. The molecule has 0 spiro atoms. The molecule has 4 rings (SSSR count). The minimum atomic E-state index is -0.626. The summed E-state index contributed by atoms with van der Waals surface area (Å²) in [6, 6.07) is 12.0. The van der Waals surface area contributed by atoms with Crippen molar-refractivity contribution in [2.24, 2.45) is 0 Å². The Hall–Kier alpha value is -2.83. The topological polar surface area (TPSA) is 69.7 Å². The lowest BCUT2D eigenvalue weighted by atomic mass is 10.0. The van der Waals surface area contributed by atoms with E-state index in [0.29, 0.717) is 27.5 Å². The molecular weight excluding hydrogens is 449 g/mol. The molecule has 2 aliphatic rings. The van der Waals surface area contributed by atoms with Gasteiger partial charge in [-0.1, -0.05) is 35.3 Å². The standard InChI is InChI=1S/C24H23Cl2N3O3/c1-14-9-10-17(25)13-19(14)29-23(31)20(26)21(24(29)32)27-18-8-5-7-16(12-18)22(30)28-11-4-3-6-15(28)2/h5,7-10,12-13,15,27H,3-4,6,11H2,1-2H3. The lowest BCUT2D eigenvalue weighted by molar-refractivity contribution is -0.120.